The lowest BCUT2D eigenvalue weighted by atomic mass is 10.1. The molecule has 1 amide bonds. The number of furan rings is 1. The van der Waals surface area contributed by atoms with E-state index in [1.165, 1.54) is 11.1 Å². The molecule has 2 heterocycles. The van der Waals surface area contributed by atoms with Crippen LogP contribution in [0.25, 0.3) is 0 Å². The van der Waals surface area contributed by atoms with E-state index in [2.05, 4.69) is 41.6 Å². The molecule has 5 heteroatoms. The van der Waals surface area contributed by atoms with Gasteiger partial charge in [-0.05, 0) is 61.4 Å². The Labute approximate surface area is 140 Å². The van der Waals surface area contributed by atoms with Gasteiger partial charge in [-0.3, -0.25) is 9.78 Å². The lowest BCUT2D eigenvalue weighted by molar-refractivity contribution is 0.0943. The number of aromatic nitrogens is 1. The minimum atomic E-state index is -0.241. The Bertz CT molecular complexity index is 842. The molecule has 2 N–H and O–H groups in total. The molecular formula is C19H19N3O2. The van der Waals surface area contributed by atoms with Crippen molar-refractivity contribution < 1.29 is 9.21 Å². The van der Waals surface area contributed by atoms with Gasteiger partial charge >= 0.3 is 0 Å². The van der Waals surface area contributed by atoms with Gasteiger partial charge in [-0.2, -0.15) is 0 Å². The number of anilines is 2. The molecule has 3 rings (SSSR count). The van der Waals surface area contributed by atoms with Gasteiger partial charge in [0.2, 0.25) is 0 Å². The van der Waals surface area contributed by atoms with E-state index in [0.29, 0.717) is 18.0 Å². The number of benzene rings is 1. The first-order chi connectivity index (χ1) is 11.6. The number of carbonyl (C=O) groups is 1. The minimum Gasteiger partial charge on any atom is -0.467 e. The van der Waals surface area contributed by atoms with Crippen molar-refractivity contribution in [3.8, 4) is 0 Å². The number of nitrogens with one attached hydrogen (secondary N) is 2. The van der Waals surface area contributed by atoms with Crippen molar-refractivity contribution in [2.45, 2.75) is 20.4 Å². The summed E-state index contributed by atoms with van der Waals surface area (Å²) in [6.07, 6.45) is 3.19. The third-order valence-corrected chi connectivity index (χ3v) is 3.79. The monoisotopic (exact) mass is 321 g/mol. The molecule has 3 aromatic rings. The van der Waals surface area contributed by atoms with Gasteiger partial charge in [-0.25, -0.2) is 0 Å². The molecule has 122 valence electrons. The fourth-order valence-corrected chi connectivity index (χ4v) is 2.29. The Hall–Kier alpha value is -3.08. The molecule has 0 radical (unpaired) electrons. The summed E-state index contributed by atoms with van der Waals surface area (Å²) in [5, 5.41) is 6.08. The number of hydrogen-bond acceptors (Lipinski definition) is 4. The SMILES string of the molecule is Cc1ccc(Nc2ccnc(C(=O)NCc3ccco3)c2)cc1C. The van der Waals surface area contributed by atoms with Crippen molar-refractivity contribution in [3.05, 3.63) is 77.5 Å². The molecule has 0 bridgehead atoms. The predicted molar refractivity (Wildman–Crippen MR) is 93.3 cm³/mol. The Kier molecular flexibility index (Phi) is 4.61. The highest BCUT2D eigenvalue weighted by molar-refractivity contribution is 5.93. The van der Waals surface area contributed by atoms with Crippen LogP contribution in [0, 0.1) is 13.8 Å². The molecule has 0 atom stereocenters. The zero-order chi connectivity index (χ0) is 16.9. The van der Waals surface area contributed by atoms with E-state index < -0.39 is 0 Å². The molecule has 24 heavy (non-hydrogen) atoms. The van der Waals surface area contributed by atoms with E-state index in [1.54, 1.807) is 24.6 Å². The summed E-state index contributed by atoms with van der Waals surface area (Å²) in [6.45, 7) is 4.48. The number of amides is 1. The number of nitrogens with zero attached hydrogens (tertiary/aromatic N) is 1. The lowest BCUT2D eigenvalue weighted by Crippen LogP contribution is -2.23. The summed E-state index contributed by atoms with van der Waals surface area (Å²) in [6, 6.07) is 13.3. The molecule has 0 aliphatic rings. The van der Waals surface area contributed by atoms with Crippen LogP contribution < -0.4 is 10.6 Å². The Morgan fingerprint density at radius 2 is 1.92 bits per heavy atom. The van der Waals surface area contributed by atoms with Crippen LogP contribution in [0.1, 0.15) is 27.4 Å². The highest BCUT2D eigenvalue weighted by atomic mass is 16.3. The van der Waals surface area contributed by atoms with Crippen molar-refractivity contribution >= 4 is 17.3 Å². The van der Waals surface area contributed by atoms with Crippen LogP contribution in [0.15, 0.2) is 59.3 Å². The lowest BCUT2D eigenvalue weighted by Gasteiger charge is -2.10. The van der Waals surface area contributed by atoms with Gasteiger partial charge in [0.25, 0.3) is 5.91 Å². The van der Waals surface area contributed by atoms with E-state index in [4.69, 9.17) is 4.42 Å². The first-order valence-electron chi connectivity index (χ1n) is 7.73. The highest BCUT2D eigenvalue weighted by Gasteiger charge is 2.09. The van der Waals surface area contributed by atoms with Gasteiger partial charge < -0.3 is 15.1 Å². The second-order valence-corrected chi connectivity index (χ2v) is 5.62. The molecule has 0 aliphatic heterocycles. The topological polar surface area (TPSA) is 67.2 Å². The van der Waals surface area contributed by atoms with Crippen LogP contribution in [0.4, 0.5) is 11.4 Å². The van der Waals surface area contributed by atoms with Gasteiger partial charge in [0.1, 0.15) is 11.5 Å². The van der Waals surface area contributed by atoms with E-state index in [0.717, 1.165) is 11.4 Å². The standard InChI is InChI=1S/C19H19N3O2/c1-13-5-6-15(10-14(13)2)22-16-7-8-20-18(11-16)19(23)21-12-17-4-3-9-24-17/h3-11H,12H2,1-2H3,(H,20,22)(H,21,23). The Morgan fingerprint density at radius 3 is 2.67 bits per heavy atom. The molecule has 0 fully saturated rings. The molecule has 2 aromatic heterocycles. The Balaban J connectivity index is 1.68. The maximum Gasteiger partial charge on any atom is 0.270 e. The number of aryl methyl sites for hydroxylation is 2. The normalized spacial score (nSPS) is 10.4. The van der Waals surface area contributed by atoms with Gasteiger partial charge in [0.15, 0.2) is 0 Å². The molecule has 5 nitrogen and oxygen atoms in total. The number of carbonyl (C=O) groups excluding carboxylic acids is 1. The van der Waals surface area contributed by atoms with Gasteiger partial charge in [0, 0.05) is 17.6 Å². The van der Waals surface area contributed by atoms with Gasteiger partial charge in [-0.15, -0.1) is 0 Å². The fraction of sp³-hybridized carbons (Fsp3) is 0.158. The molecule has 0 saturated heterocycles. The largest absolute Gasteiger partial charge is 0.467 e. The third kappa shape index (κ3) is 3.81. The van der Waals surface area contributed by atoms with Gasteiger partial charge in [-0.1, -0.05) is 6.07 Å². The number of rotatable bonds is 5. The number of hydrogen-bond donors (Lipinski definition) is 2. The predicted octanol–water partition coefficient (Wildman–Crippen LogP) is 3.97. The van der Waals surface area contributed by atoms with Crippen molar-refractivity contribution in [3.63, 3.8) is 0 Å². The van der Waals surface area contributed by atoms with E-state index in [1.807, 2.05) is 18.2 Å². The summed E-state index contributed by atoms with van der Waals surface area (Å²) in [4.78, 5) is 16.3. The molecule has 0 aliphatic carbocycles. The average molecular weight is 321 g/mol. The van der Waals surface area contributed by atoms with Crippen molar-refractivity contribution in [2.75, 3.05) is 5.32 Å². The third-order valence-electron chi connectivity index (χ3n) is 3.79. The maximum absolute atomic E-state index is 12.2. The first kappa shape index (κ1) is 15.8. The summed E-state index contributed by atoms with van der Waals surface area (Å²) in [7, 11) is 0. The molecule has 0 unspecified atom stereocenters. The van der Waals surface area contributed by atoms with Crippen molar-refractivity contribution in [2.24, 2.45) is 0 Å². The average Bonchev–Trinajstić information content (AvgIpc) is 3.10. The van der Waals surface area contributed by atoms with Crippen LogP contribution in [0.3, 0.4) is 0 Å². The van der Waals surface area contributed by atoms with Crippen LogP contribution in [0.5, 0.6) is 0 Å². The Morgan fingerprint density at radius 1 is 1.08 bits per heavy atom. The minimum absolute atomic E-state index is 0.241. The number of pyridine rings is 1. The van der Waals surface area contributed by atoms with Crippen LogP contribution in [0.2, 0.25) is 0 Å². The zero-order valence-electron chi connectivity index (χ0n) is 13.7. The van der Waals surface area contributed by atoms with Crippen LogP contribution in [-0.2, 0) is 6.54 Å². The maximum atomic E-state index is 12.2. The summed E-state index contributed by atoms with van der Waals surface area (Å²) in [5.41, 5.74) is 4.61. The van der Waals surface area contributed by atoms with Crippen LogP contribution >= 0.6 is 0 Å². The quantitative estimate of drug-likeness (QED) is 0.746. The summed E-state index contributed by atoms with van der Waals surface area (Å²) in [5.74, 6) is 0.461. The molecule has 1 aromatic carbocycles. The smallest absolute Gasteiger partial charge is 0.270 e. The van der Waals surface area contributed by atoms with Gasteiger partial charge in [0.05, 0.1) is 12.8 Å². The van der Waals surface area contributed by atoms with E-state index >= 15 is 0 Å². The molecule has 0 spiro atoms. The highest BCUT2D eigenvalue weighted by Crippen LogP contribution is 2.19. The van der Waals surface area contributed by atoms with E-state index in [-0.39, 0.29) is 5.91 Å². The van der Waals surface area contributed by atoms with Crippen molar-refractivity contribution in [1.82, 2.24) is 10.3 Å². The molecule has 0 saturated carbocycles. The second kappa shape index (κ2) is 7.00. The second-order valence-electron chi connectivity index (χ2n) is 5.62. The first-order valence-corrected chi connectivity index (χ1v) is 7.73. The van der Waals surface area contributed by atoms with Crippen LogP contribution in [-0.4, -0.2) is 10.9 Å². The zero-order valence-corrected chi connectivity index (χ0v) is 13.7. The molecular weight excluding hydrogens is 302 g/mol. The summed E-state index contributed by atoms with van der Waals surface area (Å²) < 4.78 is 5.20. The van der Waals surface area contributed by atoms with Crippen molar-refractivity contribution in [1.29, 1.82) is 0 Å². The van der Waals surface area contributed by atoms with E-state index in [9.17, 15) is 4.79 Å². The summed E-state index contributed by atoms with van der Waals surface area (Å²) >= 11 is 0. The fourth-order valence-electron chi connectivity index (χ4n) is 2.29.